The normalized spacial score (nSPS) is 19.8. The number of aromatic nitrogens is 2. The van der Waals surface area contributed by atoms with E-state index in [2.05, 4.69) is 15.5 Å². The predicted octanol–water partition coefficient (Wildman–Crippen LogP) is 3.80. The third kappa shape index (κ3) is 4.49. The van der Waals surface area contributed by atoms with E-state index in [-0.39, 0.29) is 21.4 Å². The molecule has 10 heteroatoms. The van der Waals surface area contributed by atoms with Gasteiger partial charge in [0.2, 0.25) is 15.9 Å². The summed E-state index contributed by atoms with van der Waals surface area (Å²) in [6.07, 6.45) is 7.00. The zero-order valence-corrected chi connectivity index (χ0v) is 19.1. The van der Waals surface area contributed by atoms with Crippen LogP contribution in [-0.4, -0.2) is 41.9 Å². The van der Waals surface area contributed by atoms with Gasteiger partial charge in [-0.3, -0.25) is 4.79 Å². The molecule has 0 radical (unpaired) electrons. The molecular weight excluding hydrogens is 440 g/mol. The summed E-state index contributed by atoms with van der Waals surface area (Å²) in [6, 6.07) is 4.39. The van der Waals surface area contributed by atoms with Crippen LogP contribution in [0.1, 0.15) is 73.4 Å². The second kappa shape index (κ2) is 8.88. The zero-order chi connectivity index (χ0) is 22.1. The van der Waals surface area contributed by atoms with E-state index < -0.39 is 15.6 Å². The van der Waals surface area contributed by atoms with Crippen molar-refractivity contribution in [2.24, 2.45) is 0 Å². The molecule has 1 aliphatic heterocycles. The first-order valence-electron chi connectivity index (χ1n) is 10.7. The number of aryl methyl sites for hydroxylation is 1. The number of hydrogen-bond acceptors (Lipinski definition) is 6. The molecule has 1 N–H and O–H groups in total. The van der Waals surface area contributed by atoms with Crippen molar-refractivity contribution in [2.45, 2.75) is 68.7 Å². The smallest absolute Gasteiger partial charge is 0.252 e. The Morgan fingerprint density at radius 2 is 1.81 bits per heavy atom. The quantitative estimate of drug-likeness (QED) is 0.718. The molecule has 1 saturated heterocycles. The van der Waals surface area contributed by atoms with E-state index in [9.17, 15) is 13.2 Å². The Hall–Kier alpha value is -1.97. The van der Waals surface area contributed by atoms with Gasteiger partial charge in [-0.2, -0.15) is 9.29 Å². The zero-order valence-electron chi connectivity index (χ0n) is 17.6. The summed E-state index contributed by atoms with van der Waals surface area (Å²) in [7, 11) is -3.76. The standard InChI is InChI=1S/C21H27ClN4O4S/c1-15-23-20(25-30-15)21(10-4-2-5-11-21)24-19(27)16-8-9-17(22)18(14-16)31(28,29)26-12-6-3-7-13-26/h8-9,14H,2-7,10-13H2,1H3,(H,24,27). The van der Waals surface area contributed by atoms with E-state index in [1.54, 1.807) is 13.0 Å². The summed E-state index contributed by atoms with van der Waals surface area (Å²) >= 11 is 6.25. The number of piperidine rings is 1. The van der Waals surface area contributed by atoms with Gasteiger partial charge in [-0.1, -0.05) is 42.4 Å². The summed E-state index contributed by atoms with van der Waals surface area (Å²) in [5, 5.41) is 7.26. The number of sulfonamides is 1. The molecule has 0 atom stereocenters. The van der Waals surface area contributed by atoms with E-state index in [1.165, 1.54) is 16.4 Å². The molecule has 1 saturated carbocycles. The Kier molecular flexibility index (Phi) is 6.37. The molecule has 1 aromatic heterocycles. The molecule has 1 aromatic carbocycles. The van der Waals surface area contributed by atoms with Crippen LogP contribution in [0.15, 0.2) is 27.6 Å². The molecule has 8 nitrogen and oxygen atoms in total. The van der Waals surface area contributed by atoms with Gasteiger partial charge in [-0.25, -0.2) is 8.42 Å². The van der Waals surface area contributed by atoms with E-state index in [4.69, 9.17) is 16.1 Å². The van der Waals surface area contributed by atoms with Crippen LogP contribution in [0.5, 0.6) is 0 Å². The summed E-state index contributed by atoms with van der Waals surface area (Å²) in [4.78, 5) is 17.6. The lowest BCUT2D eigenvalue weighted by Gasteiger charge is -2.35. The average molecular weight is 467 g/mol. The molecule has 2 heterocycles. The summed E-state index contributed by atoms with van der Waals surface area (Å²) < 4.78 is 32.9. The lowest BCUT2D eigenvalue weighted by molar-refractivity contribution is 0.0855. The largest absolute Gasteiger partial charge is 0.340 e. The highest BCUT2D eigenvalue weighted by atomic mass is 35.5. The number of nitrogens with zero attached hydrogens (tertiary/aromatic N) is 3. The number of nitrogens with one attached hydrogen (secondary N) is 1. The number of carbonyl (C=O) groups is 1. The van der Waals surface area contributed by atoms with E-state index >= 15 is 0 Å². The Morgan fingerprint density at radius 3 is 2.45 bits per heavy atom. The monoisotopic (exact) mass is 466 g/mol. The fraction of sp³-hybridized carbons (Fsp3) is 0.571. The highest BCUT2D eigenvalue weighted by Crippen LogP contribution is 2.36. The van der Waals surface area contributed by atoms with Gasteiger partial charge in [-0.05, 0) is 43.9 Å². The van der Waals surface area contributed by atoms with Crippen molar-refractivity contribution >= 4 is 27.5 Å². The van der Waals surface area contributed by atoms with E-state index in [0.717, 1.165) is 38.5 Å². The van der Waals surface area contributed by atoms with Gasteiger partial charge in [-0.15, -0.1) is 0 Å². The first kappa shape index (κ1) is 22.2. The maximum absolute atomic E-state index is 13.2. The maximum atomic E-state index is 13.2. The molecule has 31 heavy (non-hydrogen) atoms. The summed E-state index contributed by atoms with van der Waals surface area (Å²) in [5.74, 6) is 0.528. The van der Waals surface area contributed by atoms with Crippen molar-refractivity contribution in [3.05, 3.63) is 40.5 Å². The first-order chi connectivity index (χ1) is 14.8. The lowest BCUT2D eigenvalue weighted by Crippen LogP contribution is -2.48. The van der Waals surface area contributed by atoms with Crippen molar-refractivity contribution in [1.82, 2.24) is 19.8 Å². The molecule has 2 fully saturated rings. The maximum Gasteiger partial charge on any atom is 0.252 e. The third-order valence-corrected chi connectivity index (χ3v) is 8.52. The van der Waals surface area contributed by atoms with Gasteiger partial charge in [0, 0.05) is 25.6 Å². The van der Waals surface area contributed by atoms with Crippen molar-refractivity contribution in [3.63, 3.8) is 0 Å². The van der Waals surface area contributed by atoms with Crippen LogP contribution in [0, 0.1) is 6.92 Å². The van der Waals surface area contributed by atoms with Crippen molar-refractivity contribution < 1.29 is 17.7 Å². The topological polar surface area (TPSA) is 105 Å². The van der Waals surface area contributed by atoms with Gasteiger partial charge < -0.3 is 9.84 Å². The molecular formula is C21H27ClN4O4S. The van der Waals surface area contributed by atoms with E-state index in [0.29, 0.717) is 37.6 Å². The van der Waals surface area contributed by atoms with Gasteiger partial charge >= 0.3 is 0 Å². The number of carbonyl (C=O) groups excluding carboxylic acids is 1. The molecule has 2 aromatic rings. The fourth-order valence-corrected chi connectivity index (χ4v) is 6.45. The predicted molar refractivity (Wildman–Crippen MR) is 115 cm³/mol. The first-order valence-corrected chi connectivity index (χ1v) is 12.6. The van der Waals surface area contributed by atoms with Gasteiger partial charge in [0.05, 0.1) is 5.02 Å². The Labute approximate surface area is 187 Å². The van der Waals surface area contributed by atoms with Crippen molar-refractivity contribution in [2.75, 3.05) is 13.1 Å². The highest BCUT2D eigenvalue weighted by Gasteiger charge is 2.40. The van der Waals surface area contributed by atoms with Crippen LogP contribution in [0.2, 0.25) is 5.02 Å². The molecule has 0 spiro atoms. The van der Waals surface area contributed by atoms with Crippen molar-refractivity contribution in [1.29, 1.82) is 0 Å². The van der Waals surface area contributed by atoms with Crippen LogP contribution in [-0.2, 0) is 15.6 Å². The third-order valence-electron chi connectivity index (χ3n) is 6.14. The number of amides is 1. The lowest BCUT2D eigenvalue weighted by atomic mass is 9.80. The van der Waals surface area contributed by atoms with Crippen LogP contribution in [0.3, 0.4) is 0 Å². The Balaban J connectivity index is 1.63. The number of benzene rings is 1. The van der Waals surface area contributed by atoms with Gasteiger partial charge in [0.25, 0.3) is 5.91 Å². The van der Waals surface area contributed by atoms with Crippen LogP contribution in [0.25, 0.3) is 0 Å². The minimum Gasteiger partial charge on any atom is -0.340 e. The molecule has 0 unspecified atom stereocenters. The number of hydrogen-bond donors (Lipinski definition) is 1. The molecule has 4 rings (SSSR count). The van der Waals surface area contributed by atoms with Crippen molar-refractivity contribution in [3.8, 4) is 0 Å². The molecule has 2 aliphatic rings. The Bertz CT molecular complexity index is 1060. The molecule has 168 valence electrons. The average Bonchev–Trinajstić information content (AvgIpc) is 3.22. The number of rotatable bonds is 5. The van der Waals surface area contributed by atoms with Crippen LogP contribution in [0.4, 0.5) is 0 Å². The molecule has 1 amide bonds. The van der Waals surface area contributed by atoms with E-state index in [1.807, 2.05) is 0 Å². The second-order valence-corrected chi connectivity index (χ2v) is 10.7. The highest BCUT2D eigenvalue weighted by molar-refractivity contribution is 7.89. The second-order valence-electron chi connectivity index (χ2n) is 8.34. The summed E-state index contributed by atoms with van der Waals surface area (Å²) in [5.41, 5.74) is -0.483. The Morgan fingerprint density at radius 1 is 1.13 bits per heavy atom. The minimum absolute atomic E-state index is 0.0307. The molecule has 0 bridgehead atoms. The van der Waals surface area contributed by atoms with Gasteiger partial charge in [0.1, 0.15) is 10.4 Å². The number of halogens is 1. The minimum atomic E-state index is -3.76. The fourth-order valence-electron chi connectivity index (χ4n) is 4.43. The summed E-state index contributed by atoms with van der Waals surface area (Å²) in [6.45, 7) is 2.65. The SMILES string of the molecule is Cc1nc(C2(NC(=O)c3ccc(Cl)c(S(=O)(=O)N4CCCCC4)c3)CCCCC2)no1. The molecule has 1 aliphatic carbocycles. The van der Waals surface area contributed by atoms with Crippen LogP contribution >= 0.6 is 11.6 Å². The van der Waals surface area contributed by atoms with Crippen LogP contribution < -0.4 is 5.32 Å². The van der Waals surface area contributed by atoms with Gasteiger partial charge in [0.15, 0.2) is 5.82 Å².